The zero-order valence-corrected chi connectivity index (χ0v) is 19.3. The number of sulfone groups is 1. The minimum atomic E-state index is -3.82. The molecule has 3 aromatic rings. The summed E-state index contributed by atoms with van der Waals surface area (Å²) in [5, 5.41) is -0.00826. The van der Waals surface area contributed by atoms with E-state index in [1.54, 1.807) is 42.5 Å². The Kier molecular flexibility index (Phi) is 5.63. The molecule has 6 nitrogen and oxygen atoms in total. The normalized spacial score (nSPS) is 15.4. The molecule has 166 valence electrons. The summed E-state index contributed by atoms with van der Waals surface area (Å²) < 4.78 is 28.5. The molecule has 0 N–H and O–H groups in total. The molecule has 2 aromatic heterocycles. The molecule has 1 aliphatic rings. The molecule has 7 heteroatoms. The van der Waals surface area contributed by atoms with Crippen LogP contribution in [0, 0.1) is 12.3 Å². The maximum absolute atomic E-state index is 13.3. The number of ketones is 1. The summed E-state index contributed by atoms with van der Waals surface area (Å²) >= 11 is 0. The molecule has 0 saturated carbocycles. The second-order valence-electron chi connectivity index (χ2n) is 9.06. The second kappa shape index (κ2) is 8.13. The molecule has 4 rings (SSSR count). The van der Waals surface area contributed by atoms with Crippen LogP contribution in [0.25, 0.3) is 0 Å². The number of carbonyl (C=O) groups excluding carboxylic acids is 2. The van der Waals surface area contributed by atoms with E-state index >= 15 is 0 Å². The van der Waals surface area contributed by atoms with Crippen molar-refractivity contribution in [2.24, 2.45) is 5.41 Å². The van der Waals surface area contributed by atoms with Crippen molar-refractivity contribution in [3.05, 3.63) is 76.7 Å². The van der Waals surface area contributed by atoms with Gasteiger partial charge >= 0.3 is 0 Å². The zero-order chi connectivity index (χ0) is 23.1. The van der Waals surface area contributed by atoms with Gasteiger partial charge in [-0.15, -0.1) is 0 Å². The van der Waals surface area contributed by atoms with Crippen LogP contribution in [0.15, 0.2) is 58.6 Å². The highest BCUT2D eigenvalue weighted by molar-refractivity contribution is 7.91. The van der Waals surface area contributed by atoms with Crippen LogP contribution in [0.3, 0.4) is 0 Å². The lowest BCUT2D eigenvalue weighted by Gasteiger charge is -2.30. The van der Waals surface area contributed by atoms with Crippen LogP contribution in [-0.4, -0.2) is 30.0 Å². The molecule has 0 unspecified atom stereocenters. The van der Waals surface area contributed by atoms with Crippen LogP contribution in [0.1, 0.15) is 53.1 Å². The summed E-state index contributed by atoms with van der Waals surface area (Å²) in [4.78, 5) is 28.9. The number of hydrogen-bond acceptors (Lipinski definition) is 5. The zero-order valence-electron chi connectivity index (χ0n) is 18.5. The largest absolute Gasteiger partial charge is 0.341 e. The summed E-state index contributed by atoms with van der Waals surface area (Å²) in [5.74, 6) is 0.0374. The lowest BCUT2D eigenvalue weighted by Crippen LogP contribution is -2.28. The fraction of sp³-hybridized carbons (Fsp3) is 0.320. The van der Waals surface area contributed by atoms with E-state index in [2.05, 4.69) is 4.98 Å². The number of aromatic nitrogens is 2. The van der Waals surface area contributed by atoms with Gasteiger partial charge < -0.3 is 9.36 Å². The quantitative estimate of drug-likeness (QED) is 0.531. The summed E-state index contributed by atoms with van der Waals surface area (Å²) in [6, 6.07) is 11.7. The lowest BCUT2D eigenvalue weighted by atomic mass is 9.75. The summed E-state index contributed by atoms with van der Waals surface area (Å²) in [6.07, 6.45) is 3.65. The Morgan fingerprint density at radius 2 is 1.81 bits per heavy atom. The van der Waals surface area contributed by atoms with Crippen LogP contribution >= 0.6 is 0 Å². The van der Waals surface area contributed by atoms with Gasteiger partial charge in [-0.2, -0.15) is 0 Å². The highest BCUT2D eigenvalue weighted by atomic mass is 32.2. The van der Waals surface area contributed by atoms with Crippen LogP contribution in [0.4, 0.5) is 0 Å². The molecule has 0 amide bonds. The second-order valence-corrected chi connectivity index (χ2v) is 10.9. The van der Waals surface area contributed by atoms with E-state index in [0.29, 0.717) is 24.0 Å². The molecule has 1 aliphatic carbocycles. The Balaban J connectivity index is 1.86. The van der Waals surface area contributed by atoms with Crippen molar-refractivity contribution < 1.29 is 18.0 Å². The molecule has 0 saturated heterocycles. The van der Waals surface area contributed by atoms with Crippen molar-refractivity contribution in [1.29, 1.82) is 0 Å². The molecule has 1 aromatic carbocycles. The third-order valence-corrected chi connectivity index (χ3v) is 7.87. The predicted molar refractivity (Wildman–Crippen MR) is 121 cm³/mol. The first-order valence-corrected chi connectivity index (χ1v) is 12.1. The number of fused-ring (bicyclic) bond motifs is 1. The third kappa shape index (κ3) is 3.81. The Labute approximate surface area is 188 Å². The highest BCUT2D eigenvalue weighted by Gasteiger charge is 2.37. The minimum Gasteiger partial charge on any atom is -0.341 e. The molecule has 2 heterocycles. The fourth-order valence-corrected chi connectivity index (χ4v) is 6.07. The van der Waals surface area contributed by atoms with Gasteiger partial charge in [0.25, 0.3) is 0 Å². The Morgan fingerprint density at radius 1 is 1.09 bits per heavy atom. The van der Waals surface area contributed by atoms with E-state index in [0.717, 1.165) is 23.2 Å². The van der Waals surface area contributed by atoms with Crippen molar-refractivity contribution >= 4 is 21.9 Å². The summed E-state index contributed by atoms with van der Waals surface area (Å²) in [5.41, 5.74) is 3.43. The van der Waals surface area contributed by atoms with Gasteiger partial charge in [-0.3, -0.25) is 4.79 Å². The van der Waals surface area contributed by atoms with Crippen LogP contribution in [0.2, 0.25) is 0 Å². The standard InChI is InChI=1S/C25H26N2O4S/c1-17-20(23-21(27(17)12-13-28)15-25(2,3)16-22(23)29)14-18-8-7-11-26-24(18)32(30,31)19-9-5-4-6-10-19/h4-11,13H,12,14-16H2,1-3H3. The number of pyridine rings is 1. The molecular weight excluding hydrogens is 424 g/mol. The maximum Gasteiger partial charge on any atom is 0.224 e. The van der Waals surface area contributed by atoms with Gasteiger partial charge in [0.1, 0.15) is 6.29 Å². The summed E-state index contributed by atoms with van der Waals surface area (Å²) in [7, 11) is -3.82. The van der Waals surface area contributed by atoms with Crippen molar-refractivity contribution in [1.82, 2.24) is 9.55 Å². The molecule has 0 bridgehead atoms. The molecule has 0 atom stereocenters. The van der Waals surface area contributed by atoms with Gasteiger partial charge in [0.2, 0.25) is 9.84 Å². The van der Waals surface area contributed by atoms with E-state index in [1.165, 1.54) is 6.20 Å². The summed E-state index contributed by atoms with van der Waals surface area (Å²) in [6.45, 7) is 6.15. The van der Waals surface area contributed by atoms with E-state index in [1.807, 2.05) is 25.3 Å². The predicted octanol–water partition coefficient (Wildman–Crippen LogP) is 3.97. The maximum atomic E-state index is 13.3. The third-order valence-electron chi connectivity index (χ3n) is 6.10. The van der Waals surface area contributed by atoms with Gasteiger partial charge in [-0.05, 0) is 48.1 Å². The SMILES string of the molecule is Cc1c(Cc2cccnc2S(=O)(=O)c2ccccc2)c2c(n1CC=O)CC(C)(C)CC2=O. The molecular formula is C25H26N2O4S. The van der Waals surface area contributed by atoms with Crippen molar-refractivity contribution in [3.8, 4) is 0 Å². The smallest absolute Gasteiger partial charge is 0.224 e. The van der Waals surface area contributed by atoms with E-state index < -0.39 is 9.84 Å². The number of aldehydes is 1. The minimum absolute atomic E-state index is 0.00826. The van der Waals surface area contributed by atoms with Gasteiger partial charge in [0, 0.05) is 36.0 Å². The highest BCUT2D eigenvalue weighted by Crippen LogP contribution is 2.39. The average Bonchev–Trinajstić information content (AvgIpc) is 3.00. The Hall–Kier alpha value is -3.06. The molecule has 0 radical (unpaired) electrons. The number of rotatable bonds is 6. The van der Waals surface area contributed by atoms with Gasteiger partial charge in [-0.1, -0.05) is 38.1 Å². The van der Waals surface area contributed by atoms with Gasteiger partial charge in [-0.25, -0.2) is 13.4 Å². The monoisotopic (exact) mass is 450 g/mol. The number of benzene rings is 1. The van der Waals surface area contributed by atoms with Gasteiger partial charge in [0.05, 0.1) is 11.4 Å². The number of hydrogen-bond donors (Lipinski definition) is 0. The lowest BCUT2D eigenvalue weighted by molar-refractivity contribution is -0.108. The van der Waals surface area contributed by atoms with Crippen LogP contribution in [0.5, 0.6) is 0 Å². The molecule has 0 aliphatic heterocycles. The Morgan fingerprint density at radius 3 is 2.50 bits per heavy atom. The number of Topliss-reactive ketones (excluding diaryl/α,β-unsaturated/α-hetero) is 1. The van der Waals surface area contributed by atoms with Gasteiger partial charge in [0.15, 0.2) is 10.8 Å². The first kappa shape index (κ1) is 22.1. The van der Waals surface area contributed by atoms with Crippen LogP contribution < -0.4 is 0 Å². The molecule has 0 fully saturated rings. The van der Waals surface area contributed by atoms with Crippen LogP contribution in [-0.2, 0) is 34.0 Å². The molecule has 32 heavy (non-hydrogen) atoms. The first-order chi connectivity index (χ1) is 15.2. The van der Waals surface area contributed by atoms with Crippen molar-refractivity contribution in [2.75, 3.05) is 0 Å². The Bertz CT molecular complexity index is 1310. The van der Waals surface area contributed by atoms with E-state index in [9.17, 15) is 18.0 Å². The fourth-order valence-electron chi connectivity index (χ4n) is 4.65. The topological polar surface area (TPSA) is 86.1 Å². The first-order valence-electron chi connectivity index (χ1n) is 10.6. The van der Waals surface area contributed by atoms with Crippen molar-refractivity contribution in [3.63, 3.8) is 0 Å². The average molecular weight is 451 g/mol. The van der Waals surface area contributed by atoms with E-state index in [4.69, 9.17) is 0 Å². The van der Waals surface area contributed by atoms with Crippen molar-refractivity contribution in [2.45, 2.75) is 56.5 Å². The van der Waals surface area contributed by atoms with E-state index in [-0.39, 0.29) is 34.1 Å². The number of nitrogens with zero attached hydrogens (tertiary/aromatic N) is 2. The number of carbonyl (C=O) groups is 2. The molecule has 0 spiro atoms.